The van der Waals surface area contributed by atoms with Crippen LogP contribution < -0.4 is 16.0 Å². The number of fused-ring (bicyclic) bond motifs is 1. The predicted molar refractivity (Wildman–Crippen MR) is 207 cm³/mol. The van der Waals surface area contributed by atoms with Crippen molar-refractivity contribution >= 4 is 35.0 Å². The van der Waals surface area contributed by atoms with Gasteiger partial charge in [-0.3, -0.25) is 9.59 Å². The van der Waals surface area contributed by atoms with Crippen LogP contribution in [-0.4, -0.2) is 87.7 Å². The number of methoxy groups -OCH3 is 2. The van der Waals surface area contributed by atoms with E-state index in [1.54, 1.807) is 4.90 Å². The SMILES string of the molecule is COC(=O)N[C@H](C(=O)N[C@H]1CCC[C@@H]1c1ncc(-c2ccc(C#Cc3ccc4nc([C@@H]5CCCN5C(=O)[C@@H](NC(=O)OC)C(C)C)[nH]c4c3)cc2)[nH]1)C(C)C. The fourth-order valence-corrected chi connectivity index (χ4v) is 7.46. The number of hydrogen-bond acceptors (Lipinski definition) is 8. The predicted octanol–water partition coefficient (Wildman–Crippen LogP) is 5.53. The Morgan fingerprint density at radius 3 is 2.18 bits per heavy atom. The zero-order valence-corrected chi connectivity index (χ0v) is 32.2. The second-order valence-electron chi connectivity index (χ2n) is 14.9. The summed E-state index contributed by atoms with van der Waals surface area (Å²) in [4.78, 5) is 68.6. The van der Waals surface area contributed by atoms with Gasteiger partial charge in [0.15, 0.2) is 0 Å². The summed E-state index contributed by atoms with van der Waals surface area (Å²) in [6.45, 7) is 8.14. The fraction of sp³-hybridized carbons (Fsp3) is 0.463. The number of carbonyl (C=O) groups is 4. The van der Waals surface area contributed by atoms with Crippen molar-refractivity contribution in [3.05, 3.63) is 71.4 Å². The maximum absolute atomic E-state index is 13.5. The van der Waals surface area contributed by atoms with E-state index < -0.39 is 24.3 Å². The molecule has 4 amide bonds. The quantitative estimate of drug-likeness (QED) is 0.131. The van der Waals surface area contributed by atoms with Gasteiger partial charge in [-0.15, -0.1) is 0 Å². The molecule has 0 spiro atoms. The topological polar surface area (TPSA) is 183 Å². The van der Waals surface area contributed by atoms with Crippen LogP contribution in [0.3, 0.4) is 0 Å². The summed E-state index contributed by atoms with van der Waals surface area (Å²) in [6, 6.07) is 12.1. The summed E-state index contributed by atoms with van der Waals surface area (Å²) in [5.41, 5.74) is 5.15. The molecule has 1 saturated heterocycles. The summed E-state index contributed by atoms with van der Waals surface area (Å²) in [5, 5.41) is 8.48. The standard InChI is InChI=1S/C41H50N8O6/c1-23(2)34(47-40(52)54-5)38(50)46-29-10-7-9-28(29)36-42-22-32(45-36)27-17-14-25(15-18-27)12-13-26-16-19-30-31(21-26)44-37(43-30)33-11-8-20-49(33)39(51)35(24(3)4)48-41(53)55-6/h14-19,21-24,28-29,33-35H,7-11,20H2,1-6H3,(H,42,45)(H,43,44)(H,46,50)(H,47,52)(H,48,53)/t28-,29-,33-,34-,35-/m0/s1. The molecule has 2 aromatic carbocycles. The third-order valence-electron chi connectivity index (χ3n) is 10.5. The van der Waals surface area contributed by atoms with E-state index in [9.17, 15) is 19.2 Å². The first-order valence-corrected chi connectivity index (χ1v) is 18.9. The zero-order chi connectivity index (χ0) is 39.2. The number of amides is 4. The Hall–Kier alpha value is -5.84. The van der Waals surface area contributed by atoms with Gasteiger partial charge >= 0.3 is 12.2 Å². The van der Waals surface area contributed by atoms with Crippen LogP contribution in [0.4, 0.5) is 9.59 Å². The second-order valence-corrected chi connectivity index (χ2v) is 14.9. The van der Waals surface area contributed by atoms with Crippen molar-refractivity contribution < 1.29 is 28.7 Å². The largest absolute Gasteiger partial charge is 0.453 e. The summed E-state index contributed by atoms with van der Waals surface area (Å²) in [5.74, 6) is 7.49. The van der Waals surface area contributed by atoms with E-state index in [0.717, 1.165) is 71.3 Å². The number of nitrogens with one attached hydrogen (secondary N) is 5. The number of aromatic amines is 2. The first-order chi connectivity index (χ1) is 26.4. The summed E-state index contributed by atoms with van der Waals surface area (Å²) in [6.07, 6.45) is 4.84. The molecular weight excluding hydrogens is 701 g/mol. The molecule has 1 aliphatic carbocycles. The smallest absolute Gasteiger partial charge is 0.407 e. The van der Waals surface area contributed by atoms with Crippen LogP contribution in [0.1, 0.15) is 94.5 Å². The molecule has 5 N–H and O–H groups in total. The second kappa shape index (κ2) is 17.1. The Bertz CT molecular complexity index is 2080. The molecule has 55 heavy (non-hydrogen) atoms. The minimum absolute atomic E-state index is 0.0317. The van der Waals surface area contributed by atoms with Gasteiger partial charge in [0.1, 0.15) is 23.7 Å². The number of H-pyrrole nitrogens is 2. The number of benzene rings is 2. The monoisotopic (exact) mass is 750 g/mol. The number of rotatable bonds is 10. The normalized spacial score (nSPS) is 19.1. The van der Waals surface area contributed by atoms with Crippen LogP contribution in [0.5, 0.6) is 0 Å². The Labute approximate surface area is 320 Å². The third kappa shape index (κ3) is 8.94. The van der Waals surface area contributed by atoms with E-state index >= 15 is 0 Å². The van der Waals surface area contributed by atoms with Crippen LogP contribution in [-0.2, 0) is 19.1 Å². The van der Waals surface area contributed by atoms with Crippen molar-refractivity contribution in [1.29, 1.82) is 0 Å². The highest BCUT2D eigenvalue weighted by Gasteiger charge is 2.38. The lowest BCUT2D eigenvalue weighted by Gasteiger charge is -2.29. The average molecular weight is 751 g/mol. The van der Waals surface area contributed by atoms with Gasteiger partial charge in [-0.1, -0.05) is 58.1 Å². The highest BCUT2D eigenvalue weighted by Crippen LogP contribution is 2.35. The van der Waals surface area contributed by atoms with Gasteiger partial charge < -0.3 is 40.3 Å². The Morgan fingerprint density at radius 1 is 0.818 bits per heavy atom. The van der Waals surface area contributed by atoms with E-state index in [1.165, 1.54) is 14.2 Å². The molecule has 5 atom stereocenters. The van der Waals surface area contributed by atoms with Crippen LogP contribution in [0.2, 0.25) is 0 Å². The molecule has 2 aromatic heterocycles. The van der Waals surface area contributed by atoms with Gasteiger partial charge in [0.05, 0.1) is 43.2 Å². The van der Waals surface area contributed by atoms with E-state index in [1.807, 2.05) is 76.4 Å². The van der Waals surface area contributed by atoms with Crippen LogP contribution >= 0.6 is 0 Å². The van der Waals surface area contributed by atoms with Gasteiger partial charge in [-0.05, 0) is 73.4 Å². The van der Waals surface area contributed by atoms with Crippen molar-refractivity contribution in [2.45, 2.75) is 89.9 Å². The van der Waals surface area contributed by atoms with Crippen molar-refractivity contribution in [3.63, 3.8) is 0 Å². The van der Waals surface area contributed by atoms with E-state index in [4.69, 9.17) is 19.4 Å². The van der Waals surface area contributed by atoms with E-state index in [-0.39, 0.29) is 41.7 Å². The van der Waals surface area contributed by atoms with Crippen molar-refractivity contribution in [2.75, 3.05) is 20.8 Å². The first-order valence-electron chi connectivity index (χ1n) is 18.9. The average Bonchev–Trinajstić information content (AvgIpc) is 4.01. The molecule has 14 nitrogen and oxygen atoms in total. The fourth-order valence-electron chi connectivity index (χ4n) is 7.46. The van der Waals surface area contributed by atoms with Crippen LogP contribution in [0.25, 0.3) is 22.3 Å². The molecule has 2 fully saturated rings. The highest BCUT2D eigenvalue weighted by atomic mass is 16.5. The molecule has 14 heteroatoms. The Morgan fingerprint density at radius 2 is 1.49 bits per heavy atom. The Kier molecular flexibility index (Phi) is 12.1. The maximum atomic E-state index is 13.5. The minimum Gasteiger partial charge on any atom is -0.453 e. The van der Waals surface area contributed by atoms with Gasteiger partial charge in [0, 0.05) is 29.6 Å². The number of hydrogen-bond donors (Lipinski definition) is 5. The van der Waals surface area contributed by atoms with E-state index in [0.29, 0.717) is 12.4 Å². The number of imidazole rings is 2. The van der Waals surface area contributed by atoms with Gasteiger partial charge in [-0.25, -0.2) is 19.6 Å². The molecule has 1 saturated carbocycles. The molecule has 3 heterocycles. The maximum Gasteiger partial charge on any atom is 0.407 e. The first kappa shape index (κ1) is 38.9. The third-order valence-corrected chi connectivity index (χ3v) is 10.5. The molecule has 0 unspecified atom stereocenters. The van der Waals surface area contributed by atoms with Crippen molar-refractivity contribution in [3.8, 4) is 23.1 Å². The lowest BCUT2D eigenvalue weighted by molar-refractivity contribution is -0.135. The van der Waals surface area contributed by atoms with Gasteiger partial charge in [0.2, 0.25) is 11.8 Å². The summed E-state index contributed by atoms with van der Waals surface area (Å²) >= 11 is 0. The Balaban J connectivity index is 1.10. The molecule has 0 radical (unpaired) electrons. The van der Waals surface area contributed by atoms with Gasteiger partial charge in [-0.2, -0.15) is 0 Å². The molecule has 6 rings (SSSR count). The van der Waals surface area contributed by atoms with Gasteiger partial charge in [0.25, 0.3) is 0 Å². The number of nitrogens with zero attached hydrogens (tertiary/aromatic N) is 3. The molecule has 0 bridgehead atoms. The van der Waals surface area contributed by atoms with Crippen molar-refractivity contribution in [1.82, 2.24) is 40.8 Å². The molecular formula is C41H50N8O6. The number of carbonyl (C=O) groups excluding carboxylic acids is 4. The molecule has 290 valence electrons. The number of ether oxygens (including phenoxy) is 2. The minimum atomic E-state index is -0.696. The molecule has 4 aromatic rings. The molecule has 1 aliphatic heterocycles. The number of alkyl carbamates (subject to hydrolysis) is 2. The van der Waals surface area contributed by atoms with Crippen LogP contribution in [0.15, 0.2) is 48.7 Å². The zero-order valence-electron chi connectivity index (χ0n) is 32.2. The summed E-state index contributed by atoms with van der Waals surface area (Å²) < 4.78 is 9.46. The lowest BCUT2D eigenvalue weighted by Crippen LogP contribution is -2.52. The summed E-state index contributed by atoms with van der Waals surface area (Å²) in [7, 11) is 2.57. The van der Waals surface area contributed by atoms with E-state index in [2.05, 4.69) is 37.8 Å². The highest BCUT2D eigenvalue weighted by molar-refractivity contribution is 5.87. The number of aromatic nitrogens is 4. The lowest BCUT2D eigenvalue weighted by atomic mass is 10.00. The van der Waals surface area contributed by atoms with Crippen molar-refractivity contribution in [2.24, 2.45) is 11.8 Å². The number of likely N-dealkylation sites (tertiary alicyclic amines) is 1. The van der Waals surface area contributed by atoms with Crippen LogP contribution in [0, 0.1) is 23.7 Å². The molecule has 2 aliphatic rings.